The van der Waals surface area contributed by atoms with E-state index in [1.807, 2.05) is 48.7 Å². The Morgan fingerprint density at radius 1 is 1.15 bits per heavy atom. The maximum atomic E-state index is 12.8. The highest BCUT2D eigenvalue weighted by Gasteiger charge is 2.11. The normalized spacial score (nSPS) is 11.4. The summed E-state index contributed by atoms with van der Waals surface area (Å²) in [6.07, 6.45) is 1.93. The van der Waals surface area contributed by atoms with Crippen LogP contribution in [-0.2, 0) is 19.6 Å². The predicted octanol–water partition coefficient (Wildman–Crippen LogP) is 2.94. The van der Waals surface area contributed by atoms with Gasteiger partial charge in [0.05, 0.1) is 18.4 Å². The molecule has 170 valence electrons. The minimum Gasteiger partial charge on any atom is -0.348 e. The summed E-state index contributed by atoms with van der Waals surface area (Å²) >= 11 is 0. The van der Waals surface area contributed by atoms with Crippen molar-refractivity contribution in [3.8, 4) is 0 Å². The van der Waals surface area contributed by atoms with Gasteiger partial charge < -0.3 is 10.3 Å². The molecule has 0 saturated carbocycles. The highest BCUT2D eigenvalue weighted by atomic mass is 16.1. The molecule has 0 atom stereocenters. The first-order chi connectivity index (χ1) is 15.9. The van der Waals surface area contributed by atoms with E-state index in [2.05, 4.69) is 46.4 Å². The van der Waals surface area contributed by atoms with Gasteiger partial charge in [0, 0.05) is 41.7 Å². The molecule has 2 aromatic carbocycles. The summed E-state index contributed by atoms with van der Waals surface area (Å²) in [6.45, 7) is 5.80. The molecule has 4 aromatic rings. The van der Waals surface area contributed by atoms with Crippen LogP contribution in [0.25, 0.3) is 10.9 Å². The van der Waals surface area contributed by atoms with E-state index in [0.717, 1.165) is 34.3 Å². The predicted molar refractivity (Wildman–Crippen MR) is 128 cm³/mol. The second-order valence-corrected chi connectivity index (χ2v) is 8.50. The lowest BCUT2D eigenvalue weighted by molar-refractivity contribution is 0.0951. The Bertz CT molecular complexity index is 1320. The van der Waals surface area contributed by atoms with E-state index in [9.17, 15) is 9.59 Å². The third-order valence-electron chi connectivity index (χ3n) is 5.69. The molecule has 2 aromatic heterocycles. The monoisotopic (exact) mass is 444 g/mol. The van der Waals surface area contributed by atoms with Crippen molar-refractivity contribution in [2.75, 3.05) is 7.05 Å². The number of aromatic amines is 1. The van der Waals surface area contributed by atoms with Crippen LogP contribution in [-0.4, -0.2) is 43.9 Å². The first-order valence-corrected chi connectivity index (χ1v) is 11.0. The fraction of sp³-hybridized carbons (Fsp3) is 0.280. The first kappa shape index (κ1) is 22.4. The molecule has 0 unspecified atom stereocenters. The van der Waals surface area contributed by atoms with Crippen LogP contribution in [0.3, 0.4) is 0 Å². The third kappa shape index (κ3) is 5.53. The molecule has 0 aliphatic carbocycles. The van der Waals surface area contributed by atoms with Crippen molar-refractivity contribution in [2.24, 2.45) is 0 Å². The fourth-order valence-electron chi connectivity index (χ4n) is 3.63. The van der Waals surface area contributed by atoms with Crippen LogP contribution < -0.4 is 10.9 Å². The van der Waals surface area contributed by atoms with Crippen molar-refractivity contribution in [3.63, 3.8) is 0 Å². The van der Waals surface area contributed by atoms with Crippen molar-refractivity contribution in [1.29, 1.82) is 0 Å². The van der Waals surface area contributed by atoms with E-state index in [4.69, 9.17) is 0 Å². The van der Waals surface area contributed by atoms with Crippen molar-refractivity contribution >= 4 is 16.8 Å². The smallest absolute Gasteiger partial charge is 0.251 e. The number of carbonyl (C=O) groups excluding carboxylic acids is 1. The summed E-state index contributed by atoms with van der Waals surface area (Å²) in [5, 5.41) is 12.3. The number of carbonyl (C=O) groups is 1. The van der Waals surface area contributed by atoms with Crippen molar-refractivity contribution < 1.29 is 4.79 Å². The molecule has 0 saturated heterocycles. The summed E-state index contributed by atoms with van der Waals surface area (Å²) in [5.74, 6) is -0.195. The Morgan fingerprint density at radius 2 is 1.97 bits per heavy atom. The summed E-state index contributed by atoms with van der Waals surface area (Å²) in [4.78, 5) is 29.8. The summed E-state index contributed by atoms with van der Waals surface area (Å²) in [7, 11) is 2.06. The topological polar surface area (TPSA) is 95.9 Å². The van der Waals surface area contributed by atoms with Gasteiger partial charge in [-0.1, -0.05) is 35.5 Å². The Morgan fingerprint density at radius 3 is 2.79 bits per heavy atom. The number of benzene rings is 2. The van der Waals surface area contributed by atoms with E-state index >= 15 is 0 Å². The van der Waals surface area contributed by atoms with Gasteiger partial charge in [0.25, 0.3) is 5.91 Å². The van der Waals surface area contributed by atoms with Crippen LogP contribution in [0.2, 0.25) is 0 Å². The van der Waals surface area contributed by atoms with Gasteiger partial charge in [-0.25, -0.2) is 4.68 Å². The number of nitrogens with zero attached hydrogens (tertiary/aromatic N) is 4. The lowest BCUT2D eigenvalue weighted by atomic mass is 10.1. The molecule has 4 rings (SSSR count). The number of H-pyrrole nitrogens is 1. The SMILES string of the molecule is CC(C)N(C)Cc1cn(Cc2cccc(C(=O)NCc3cc(=O)[nH]c4ccccc34)c2)nn1. The zero-order valence-corrected chi connectivity index (χ0v) is 19.1. The first-order valence-electron chi connectivity index (χ1n) is 11.0. The number of hydrogen-bond donors (Lipinski definition) is 2. The quantitative estimate of drug-likeness (QED) is 0.436. The van der Waals surface area contributed by atoms with Gasteiger partial charge >= 0.3 is 0 Å². The number of fused-ring (bicyclic) bond motifs is 1. The van der Waals surface area contributed by atoms with Crippen molar-refractivity contribution in [1.82, 2.24) is 30.2 Å². The zero-order valence-electron chi connectivity index (χ0n) is 19.1. The maximum absolute atomic E-state index is 12.8. The second-order valence-electron chi connectivity index (χ2n) is 8.50. The minimum atomic E-state index is -0.195. The van der Waals surface area contributed by atoms with Gasteiger partial charge in [-0.2, -0.15) is 0 Å². The van der Waals surface area contributed by atoms with Crippen LogP contribution >= 0.6 is 0 Å². The molecule has 33 heavy (non-hydrogen) atoms. The lowest BCUT2D eigenvalue weighted by Crippen LogP contribution is -2.25. The Balaban J connectivity index is 1.42. The Kier molecular flexibility index (Phi) is 6.65. The Hall–Kier alpha value is -3.78. The van der Waals surface area contributed by atoms with E-state index in [-0.39, 0.29) is 18.0 Å². The molecular weight excluding hydrogens is 416 g/mol. The number of amides is 1. The average Bonchev–Trinajstić information content (AvgIpc) is 3.23. The molecule has 1 amide bonds. The molecule has 0 aliphatic heterocycles. The maximum Gasteiger partial charge on any atom is 0.251 e. The van der Waals surface area contributed by atoms with Gasteiger partial charge in [-0.05, 0) is 50.2 Å². The van der Waals surface area contributed by atoms with Gasteiger partial charge in [0.15, 0.2) is 0 Å². The van der Waals surface area contributed by atoms with Crippen LogP contribution in [0, 0.1) is 0 Å². The number of pyridine rings is 1. The van der Waals surface area contributed by atoms with Crippen molar-refractivity contribution in [2.45, 2.75) is 39.5 Å². The molecule has 0 aliphatic rings. The molecule has 0 spiro atoms. The number of hydrogen-bond acceptors (Lipinski definition) is 5. The molecular formula is C25H28N6O2. The van der Waals surface area contributed by atoms with Crippen LogP contribution in [0.5, 0.6) is 0 Å². The number of nitrogens with one attached hydrogen (secondary N) is 2. The van der Waals surface area contributed by atoms with E-state index < -0.39 is 0 Å². The van der Waals surface area contributed by atoms with Gasteiger partial charge in [-0.15, -0.1) is 5.10 Å². The average molecular weight is 445 g/mol. The fourth-order valence-corrected chi connectivity index (χ4v) is 3.63. The van der Waals surface area contributed by atoms with E-state index in [1.165, 1.54) is 6.07 Å². The van der Waals surface area contributed by atoms with Gasteiger partial charge in [-0.3, -0.25) is 14.5 Å². The largest absolute Gasteiger partial charge is 0.348 e. The summed E-state index contributed by atoms with van der Waals surface area (Å²) in [6, 6.07) is 17.0. The van der Waals surface area contributed by atoms with Crippen LogP contribution in [0.15, 0.2) is 65.6 Å². The molecule has 2 N–H and O–H groups in total. The number of para-hydroxylation sites is 1. The van der Waals surface area contributed by atoms with E-state index in [1.54, 1.807) is 10.7 Å². The van der Waals surface area contributed by atoms with Crippen LogP contribution in [0.4, 0.5) is 0 Å². The molecule has 8 heteroatoms. The van der Waals surface area contributed by atoms with E-state index in [0.29, 0.717) is 18.2 Å². The molecule has 0 fully saturated rings. The summed E-state index contributed by atoms with van der Waals surface area (Å²) < 4.78 is 1.78. The second kappa shape index (κ2) is 9.79. The standard InChI is InChI=1S/C25H28N6O2/c1-17(2)30(3)15-21-16-31(29-28-21)14-18-7-6-8-19(11-18)25(33)26-13-20-12-24(32)27-23-10-5-4-9-22(20)23/h4-12,16-17H,13-15H2,1-3H3,(H,26,33)(H,27,32). The minimum absolute atomic E-state index is 0.188. The third-order valence-corrected chi connectivity index (χ3v) is 5.69. The highest BCUT2D eigenvalue weighted by molar-refractivity contribution is 5.94. The Labute approximate surface area is 192 Å². The molecule has 0 bridgehead atoms. The zero-order chi connectivity index (χ0) is 23.4. The van der Waals surface area contributed by atoms with Crippen molar-refractivity contribution in [3.05, 3.63) is 93.5 Å². The molecule has 2 heterocycles. The summed E-state index contributed by atoms with van der Waals surface area (Å²) in [5.41, 5.74) is 3.76. The van der Waals surface area contributed by atoms with Gasteiger partial charge in [0.1, 0.15) is 0 Å². The van der Waals surface area contributed by atoms with Crippen LogP contribution in [0.1, 0.15) is 41.0 Å². The lowest BCUT2D eigenvalue weighted by Gasteiger charge is -2.18. The molecule has 0 radical (unpaired) electrons. The molecule has 8 nitrogen and oxygen atoms in total. The number of rotatable bonds is 8. The number of aromatic nitrogens is 4. The highest BCUT2D eigenvalue weighted by Crippen LogP contribution is 2.15. The van der Waals surface area contributed by atoms with Gasteiger partial charge in [0.2, 0.25) is 5.56 Å².